The van der Waals surface area contributed by atoms with Crippen LogP contribution in [0.25, 0.3) is 0 Å². The molecule has 0 amide bonds. The fourth-order valence-corrected chi connectivity index (χ4v) is 2.63. The second-order valence-corrected chi connectivity index (χ2v) is 5.88. The quantitative estimate of drug-likeness (QED) is 0.246. The summed E-state index contributed by atoms with van der Waals surface area (Å²) in [6.07, 6.45) is 3.84. The summed E-state index contributed by atoms with van der Waals surface area (Å²) in [5.41, 5.74) is 0. The number of guanidine groups is 1. The Kier molecular flexibility index (Phi) is 13.7. The van der Waals surface area contributed by atoms with Gasteiger partial charge in [0.25, 0.3) is 0 Å². The van der Waals surface area contributed by atoms with Crippen LogP contribution in [0.3, 0.4) is 0 Å². The van der Waals surface area contributed by atoms with Gasteiger partial charge in [-0.05, 0) is 38.4 Å². The Morgan fingerprint density at radius 3 is 2.57 bits per heavy atom. The fourth-order valence-electron chi connectivity index (χ4n) is 2.32. The van der Waals surface area contributed by atoms with Crippen molar-refractivity contribution >= 4 is 41.7 Å². The van der Waals surface area contributed by atoms with E-state index in [1.165, 1.54) is 0 Å². The third-order valence-corrected chi connectivity index (χ3v) is 4.10. The molecule has 1 heterocycles. The van der Waals surface area contributed by atoms with Crippen LogP contribution in [0.4, 0.5) is 0 Å². The Bertz CT molecular complexity index is 410. The van der Waals surface area contributed by atoms with Crippen molar-refractivity contribution in [1.82, 2.24) is 15.5 Å². The summed E-state index contributed by atoms with van der Waals surface area (Å²) in [6, 6.07) is 4.16. The van der Waals surface area contributed by atoms with Gasteiger partial charge in [-0.2, -0.15) is 11.8 Å². The van der Waals surface area contributed by atoms with Crippen molar-refractivity contribution in [3.63, 3.8) is 0 Å². The number of hydrogen-bond acceptors (Lipinski definition) is 4. The number of likely N-dealkylation sites (N-methyl/N-ethyl adjacent to an activating group) is 1. The van der Waals surface area contributed by atoms with Crippen molar-refractivity contribution in [1.29, 1.82) is 0 Å². The SMILES string of the molecule is CCNC(=NCC(c1ccco1)N(CC)CC)NCCSC.I. The zero-order valence-electron chi connectivity index (χ0n) is 14.7. The number of halogens is 1. The van der Waals surface area contributed by atoms with Crippen LogP contribution in [0.2, 0.25) is 0 Å². The van der Waals surface area contributed by atoms with E-state index < -0.39 is 0 Å². The largest absolute Gasteiger partial charge is 0.468 e. The molecule has 5 nitrogen and oxygen atoms in total. The van der Waals surface area contributed by atoms with E-state index in [2.05, 4.69) is 42.6 Å². The van der Waals surface area contributed by atoms with Crippen molar-refractivity contribution in [2.24, 2.45) is 4.99 Å². The number of furan rings is 1. The zero-order chi connectivity index (χ0) is 16.2. The molecule has 0 saturated carbocycles. The summed E-state index contributed by atoms with van der Waals surface area (Å²) in [4.78, 5) is 7.11. The number of aliphatic imine (C=N–C) groups is 1. The Hall–Kier alpha value is -0.410. The number of hydrogen-bond donors (Lipinski definition) is 2. The lowest BCUT2D eigenvalue weighted by Crippen LogP contribution is -2.39. The minimum Gasteiger partial charge on any atom is -0.468 e. The second kappa shape index (κ2) is 14.0. The van der Waals surface area contributed by atoms with Crippen molar-refractivity contribution in [2.75, 3.05) is 44.7 Å². The summed E-state index contributed by atoms with van der Waals surface area (Å²) in [6.45, 7) is 10.9. The first kappa shape index (κ1) is 22.6. The van der Waals surface area contributed by atoms with Gasteiger partial charge < -0.3 is 15.1 Å². The normalized spacial score (nSPS) is 12.8. The van der Waals surface area contributed by atoms with E-state index >= 15 is 0 Å². The van der Waals surface area contributed by atoms with E-state index in [0.29, 0.717) is 6.54 Å². The van der Waals surface area contributed by atoms with Gasteiger partial charge in [-0.15, -0.1) is 24.0 Å². The van der Waals surface area contributed by atoms with Crippen LogP contribution in [0.5, 0.6) is 0 Å². The molecule has 0 bridgehead atoms. The Morgan fingerprint density at radius 2 is 2.04 bits per heavy atom. The number of rotatable bonds is 10. The lowest BCUT2D eigenvalue weighted by molar-refractivity contribution is 0.198. The van der Waals surface area contributed by atoms with Crippen LogP contribution in [0, 0.1) is 0 Å². The molecule has 0 radical (unpaired) electrons. The molecule has 1 aromatic heterocycles. The molecule has 1 unspecified atom stereocenters. The van der Waals surface area contributed by atoms with Gasteiger partial charge in [-0.1, -0.05) is 13.8 Å². The third kappa shape index (κ3) is 8.30. The summed E-state index contributed by atoms with van der Waals surface area (Å²) < 4.78 is 5.62. The monoisotopic (exact) mass is 454 g/mol. The smallest absolute Gasteiger partial charge is 0.191 e. The van der Waals surface area contributed by atoms with Crippen molar-refractivity contribution in [2.45, 2.75) is 26.8 Å². The Balaban J connectivity index is 0.00000484. The van der Waals surface area contributed by atoms with E-state index in [1.54, 1.807) is 6.26 Å². The molecule has 1 aromatic rings. The predicted molar refractivity (Wildman–Crippen MR) is 112 cm³/mol. The number of nitrogens with one attached hydrogen (secondary N) is 2. The van der Waals surface area contributed by atoms with E-state index in [1.807, 2.05) is 23.9 Å². The number of nitrogens with zero attached hydrogens (tertiary/aromatic N) is 2. The highest BCUT2D eigenvalue weighted by atomic mass is 127. The first-order valence-electron chi connectivity index (χ1n) is 8.05. The van der Waals surface area contributed by atoms with Crippen LogP contribution in [-0.4, -0.2) is 55.6 Å². The zero-order valence-corrected chi connectivity index (χ0v) is 17.8. The predicted octanol–water partition coefficient (Wildman–Crippen LogP) is 3.20. The minimum atomic E-state index is 0. The molecule has 23 heavy (non-hydrogen) atoms. The molecule has 7 heteroatoms. The minimum absolute atomic E-state index is 0. The third-order valence-electron chi connectivity index (χ3n) is 3.49. The van der Waals surface area contributed by atoms with Gasteiger partial charge in [-0.3, -0.25) is 9.89 Å². The lowest BCUT2D eigenvalue weighted by atomic mass is 10.2. The van der Waals surface area contributed by atoms with Crippen LogP contribution < -0.4 is 10.6 Å². The van der Waals surface area contributed by atoms with E-state index in [4.69, 9.17) is 9.41 Å². The van der Waals surface area contributed by atoms with Crippen LogP contribution >= 0.6 is 35.7 Å². The maximum Gasteiger partial charge on any atom is 0.191 e. The lowest BCUT2D eigenvalue weighted by Gasteiger charge is -2.27. The van der Waals surface area contributed by atoms with Gasteiger partial charge in [0, 0.05) is 18.8 Å². The molecule has 0 saturated heterocycles. The molecule has 0 aromatic carbocycles. The molecule has 0 fully saturated rings. The fraction of sp³-hybridized carbons (Fsp3) is 0.688. The van der Waals surface area contributed by atoms with Gasteiger partial charge in [0.2, 0.25) is 0 Å². The van der Waals surface area contributed by atoms with Crippen molar-refractivity contribution in [3.8, 4) is 0 Å². The van der Waals surface area contributed by atoms with Crippen LogP contribution in [0.15, 0.2) is 27.8 Å². The molecule has 134 valence electrons. The highest BCUT2D eigenvalue weighted by Gasteiger charge is 2.20. The molecule has 0 aliphatic heterocycles. The Morgan fingerprint density at radius 1 is 1.30 bits per heavy atom. The highest BCUT2D eigenvalue weighted by molar-refractivity contribution is 14.0. The van der Waals surface area contributed by atoms with Gasteiger partial charge in [0.15, 0.2) is 5.96 Å². The average molecular weight is 454 g/mol. The second-order valence-electron chi connectivity index (χ2n) is 4.89. The molecule has 2 N–H and O–H groups in total. The first-order valence-corrected chi connectivity index (χ1v) is 9.44. The van der Waals surface area contributed by atoms with Crippen LogP contribution in [-0.2, 0) is 0 Å². The summed E-state index contributed by atoms with van der Waals surface area (Å²) >= 11 is 1.83. The topological polar surface area (TPSA) is 52.8 Å². The molecule has 0 aliphatic carbocycles. The van der Waals surface area contributed by atoms with Gasteiger partial charge >= 0.3 is 0 Å². The van der Waals surface area contributed by atoms with Gasteiger partial charge in [-0.25, -0.2) is 0 Å². The molecule has 0 spiro atoms. The maximum absolute atomic E-state index is 5.62. The number of thioether (sulfide) groups is 1. The molecule has 1 rings (SSSR count). The van der Waals surface area contributed by atoms with E-state index in [9.17, 15) is 0 Å². The summed E-state index contributed by atoms with van der Waals surface area (Å²) in [5, 5.41) is 6.66. The first-order chi connectivity index (χ1) is 10.8. The van der Waals surface area contributed by atoms with Crippen molar-refractivity contribution < 1.29 is 4.42 Å². The molecule has 0 aliphatic rings. The van der Waals surface area contributed by atoms with E-state index in [0.717, 1.165) is 43.7 Å². The summed E-state index contributed by atoms with van der Waals surface area (Å²) in [5.74, 6) is 2.93. The maximum atomic E-state index is 5.62. The Labute approximate surface area is 162 Å². The average Bonchev–Trinajstić information content (AvgIpc) is 3.05. The molecular formula is C16H31IN4OS. The van der Waals surface area contributed by atoms with E-state index in [-0.39, 0.29) is 30.0 Å². The highest BCUT2D eigenvalue weighted by Crippen LogP contribution is 2.21. The van der Waals surface area contributed by atoms with Gasteiger partial charge in [0.05, 0.1) is 18.8 Å². The summed E-state index contributed by atoms with van der Waals surface area (Å²) in [7, 11) is 0. The van der Waals surface area contributed by atoms with Gasteiger partial charge in [0.1, 0.15) is 5.76 Å². The van der Waals surface area contributed by atoms with Crippen molar-refractivity contribution in [3.05, 3.63) is 24.2 Å². The van der Waals surface area contributed by atoms with Crippen LogP contribution in [0.1, 0.15) is 32.6 Å². The molecular weight excluding hydrogens is 423 g/mol. The standard InChI is InChI=1S/C16H30N4OS.HI/c1-5-17-16(18-10-12-22-4)19-13-14(20(6-2)7-3)15-9-8-11-21-15;/h8-9,11,14H,5-7,10,12-13H2,1-4H3,(H2,17,18,19);1H. The molecule has 1 atom stereocenters.